The zero-order chi connectivity index (χ0) is 11.4. The van der Waals surface area contributed by atoms with Gasteiger partial charge in [-0.15, -0.1) is 0 Å². The number of hydrogen-bond donors (Lipinski definition) is 2. The second-order valence-electron chi connectivity index (χ2n) is 4.46. The first-order valence-electron chi connectivity index (χ1n) is 6.14. The molecule has 16 heavy (non-hydrogen) atoms. The molecule has 0 radical (unpaired) electrons. The van der Waals surface area contributed by atoms with Gasteiger partial charge in [-0.2, -0.15) is 0 Å². The van der Waals surface area contributed by atoms with Crippen LogP contribution in [0.4, 0.5) is 5.95 Å². The molecule has 0 spiro atoms. The van der Waals surface area contributed by atoms with Gasteiger partial charge in [0.15, 0.2) is 0 Å². The summed E-state index contributed by atoms with van der Waals surface area (Å²) in [7, 11) is 0. The molecule has 0 aromatic carbocycles. The van der Waals surface area contributed by atoms with Crippen LogP contribution in [0.2, 0.25) is 0 Å². The molecular formula is C12H19N3O. The molecule has 2 rings (SSSR count). The number of anilines is 1. The molecule has 1 aliphatic rings. The molecule has 1 aromatic rings. The molecule has 0 atom stereocenters. The SMILES string of the molecule is CCCc1cc(=O)[nH]c(NC2CCCC2)n1. The summed E-state index contributed by atoms with van der Waals surface area (Å²) in [5.41, 5.74) is 0.825. The first-order chi connectivity index (χ1) is 7.78. The largest absolute Gasteiger partial charge is 0.353 e. The molecule has 1 fully saturated rings. The van der Waals surface area contributed by atoms with Crippen molar-refractivity contribution in [1.82, 2.24) is 9.97 Å². The van der Waals surface area contributed by atoms with Gasteiger partial charge in [-0.25, -0.2) is 4.98 Å². The molecule has 0 amide bonds. The van der Waals surface area contributed by atoms with Crippen molar-refractivity contribution >= 4 is 5.95 Å². The number of H-pyrrole nitrogens is 1. The Morgan fingerprint density at radius 3 is 2.94 bits per heavy atom. The van der Waals surface area contributed by atoms with Gasteiger partial charge in [0.25, 0.3) is 5.56 Å². The zero-order valence-corrected chi connectivity index (χ0v) is 9.75. The van der Waals surface area contributed by atoms with Crippen LogP contribution in [0.3, 0.4) is 0 Å². The molecule has 4 heteroatoms. The van der Waals surface area contributed by atoms with Crippen LogP contribution in [-0.2, 0) is 6.42 Å². The van der Waals surface area contributed by atoms with Crippen LogP contribution < -0.4 is 10.9 Å². The molecule has 4 nitrogen and oxygen atoms in total. The van der Waals surface area contributed by atoms with Gasteiger partial charge in [0.2, 0.25) is 5.95 Å². The van der Waals surface area contributed by atoms with Crippen molar-refractivity contribution in [3.63, 3.8) is 0 Å². The minimum atomic E-state index is -0.0565. The van der Waals surface area contributed by atoms with Gasteiger partial charge in [-0.1, -0.05) is 26.2 Å². The summed E-state index contributed by atoms with van der Waals surface area (Å²) in [5, 5.41) is 3.31. The Morgan fingerprint density at radius 2 is 2.25 bits per heavy atom. The highest BCUT2D eigenvalue weighted by Crippen LogP contribution is 2.20. The first-order valence-corrected chi connectivity index (χ1v) is 6.14. The highest BCUT2D eigenvalue weighted by atomic mass is 16.1. The van der Waals surface area contributed by atoms with Crippen molar-refractivity contribution < 1.29 is 0 Å². The quantitative estimate of drug-likeness (QED) is 0.818. The molecule has 88 valence electrons. The molecule has 0 unspecified atom stereocenters. The van der Waals surface area contributed by atoms with Crippen molar-refractivity contribution in [2.45, 2.75) is 51.5 Å². The number of rotatable bonds is 4. The van der Waals surface area contributed by atoms with E-state index in [4.69, 9.17) is 0 Å². The number of hydrogen-bond acceptors (Lipinski definition) is 3. The zero-order valence-electron chi connectivity index (χ0n) is 9.75. The average Bonchev–Trinajstić information content (AvgIpc) is 2.70. The van der Waals surface area contributed by atoms with E-state index in [9.17, 15) is 4.79 Å². The van der Waals surface area contributed by atoms with Crippen LogP contribution in [0.25, 0.3) is 0 Å². The van der Waals surface area contributed by atoms with E-state index >= 15 is 0 Å². The van der Waals surface area contributed by atoms with Gasteiger partial charge in [-0.3, -0.25) is 9.78 Å². The van der Waals surface area contributed by atoms with Crippen LogP contribution in [0, 0.1) is 0 Å². The van der Waals surface area contributed by atoms with Gasteiger partial charge in [0, 0.05) is 17.8 Å². The molecule has 1 aliphatic carbocycles. The third-order valence-electron chi connectivity index (χ3n) is 3.00. The Morgan fingerprint density at radius 1 is 1.50 bits per heavy atom. The van der Waals surface area contributed by atoms with Gasteiger partial charge >= 0.3 is 0 Å². The smallest absolute Gasteiger partial charge is 0.252 e. The number of aromatic amines is 1. The monoisotopic (exact) mass is 221 g/mol. The van der Waals surface area contributed by atoms with Crippen LogP contribution in [0.5, 0.6) is 0 Å². The molecule has 2 N–H and O–H groups in total. The lowest BCUT2D eigenvalue weighted by Gasteiger charge is -2.12. The lowest BCUT2D eigenvalue weighted by Crippen LogP contribution is -2.20. The highest BCUT2D eigenvalue weighted by molar-refractivity contribution is 5.27. The molecular weight excluding hydrogens is 202 g/mol. The maximum atomic E-state index is 11.4. The fourth-order valence-corrected chi connectivity index (χ4v) is 2.22. The summed E-state index contributed by atoms with van der Waals surface area (Å²) in [5.74, 6) is 0.642. The van der Waals surface area contributed by atoms with E-state index in [0.717, 1.165) is 18.5 Å². The van der Waals surface area contributed by atoms with E-state index in [1.54, 1.807) is 6.07 Å². The number of aromatic nitrogens is 2. The maximum Gasteiger partial charge on any atom is 0.252 e. The fraction of sp³-hybridized carbons (Fsp3) is 0.667. The van der Waals surface area contributed by atoms with E-state index < -0.39 is 0 Å². The summed E-state index contributed by atoms with van der Waals surface area (Å²) >= 11 is 0. The second-order valence-corrected chi connectivity index (χ2v) is 4.46. The van der Waals surface area contributed by atoms with E-state index in [1.807, 2.05) is 0 Å². The lowest BCUT2D eigenvalue weighted by atomic mass is 10.2. The average molecular weight is 221 g/mol. The number of nitrogens with zero attached hydrogens (tertiary/aromatic N) is 1. The summed E-state index contributed by atoms with van der Waals surface area (Å²) in [4.78, 5) is 18.6. The Bertz CT molecular complexity index is 393. The summed E-state index contributed by atoms with van der Waals surface area (Å²) in [6, 6.07) is 2.07. The Kier molecular flexibility index (Phi) is 3.59. The second kappa shape index (κ2) is 5.14. The predicted molar refractivity (Wildman–Crippen MR) is 64.7 cm³/mol. The van der Waals surface area contributed by atoms with Crippen molar-refractivity contribution in [3.8, 4) is 0 Å². The summed E-state index contributed by atoms with van der Waals surface area (Å²) in [6.07, 6.45) is 6.79. The van der Waals surface area contributed by atoms with Crippen molar-refractivity contribution in [3.05, 3.63) is 22.1 Å². The normalized spacial score (nSPS) is 16.6. The van der Waals surface area contributed by atoms with Crippen LogP contribution in [0.1, 0.15) is 44.7 Å². The molecule has 1 aromatic heterocycles. The van der Waals surface area contributed by atoms with Gasteiger partial charge in [-0.05, 0) is 19.3 Å². The summed E-state index contributed by atoms with van der Waals surface area (Å²) < 4.78 is 0. The molecule has 1 saturated carbocycles. The van der Waals surface area contributed by atoms with Crippen molar-refractivity contribution in [2.75, 3.05) is 5.32 Å². The van der Waals surface area contributed by atoms with E-state index in [0.29, 0.717) is 12.0 Å². The lowest BCUT2D eigenvalue weighted by molar-refractivity contribution is 0.738. The molecule has 0 aliphatic heterocycles. The Labute approximate surface area is 95.5 Å². The van der Waals surface area contributed by atoms with Crippen LogP contribution in [0.15, 0.2) is 10.9 Å². The van der Waals surface area contributed by atoms with Crippen LogP contribution >= 0.6 is 0 Å². The molecule has 1 heterocycles. The maximum absolute atomic E-state index is 11.4. The Hall–Kier alpha value is -1.32. The highest BCUT2D eigenvalue weighted by Gasteiger charge is 2.15. The van der Waals surface area contributed by atoms with E-state index in [2.05, 4.69) is 22.2 Å². The minimum Gasteiger partial charge on any atom is -0.353 e. The number of nitrogens with one attached hydrogen (secondary N) is 2. The summed E-state index contributed by atoms with van der Waals surface area (Å²) in [6.45, 7) is 2.09. The van der Waals surface area contributed by atoms with E-state index in [-0.39, 0.29) is 5.56 Å². The minimum absolute atomic E-state index is 0.0565. The first kappa shape index (κ1) is 11.2. The van der Waals surface area contributed by atoms with Gasteiger partial charge in [0.1, 0.15) is 0 Å². The standard InChI is InChI=1S/C12H19N3O/c1-2-5-10-8-11(16)15-12(14-10)13-9-6-3-4-7-9/h8-9H,2-7H2,1H3,(H2,13,14,15,16). The topological polar surface area (TPSA) is 57.8 Å². The fourth-order valence-electron chi connectivity index (χ4n) is 2.22. The van der Waals surface area contributed by atoms with Gasteiger partial charge < -0.3 is 5.32 Å². The Balaban J connectivity index is 2.10. The van der Waals surface area contributed by atoms with Crippen LogP contribution in [-0.4, -0.2) is 16.0 Å². The number of aryl methyl sites for hydroxylation is 1. The predicted octanol–water partition coefficient (Wildman–Crippen LogP) is 2.08. The third kappa shape index (κ3) is 2.84. The van der Waals surface area contributed by atoms with Gasteiger partial charge in [0.05, 0.1) is 0 Å². The third-order valence-corrected chi connectivity index (χ3v) is 3.00. The molecule has 0 saturated heterocycles. The van der Waals surface area contributed by atoms with E-state index in [1.165, 1.54) is 25.7 Å². The van der Waals surface area contributed by atoms with Crippen molar-refractivity contribution in [2.24, 2.45) is 0 Å². The molecule has 0 bridgehead atoms. The van der Waals surface area contributed by atoms with Crippen molar-refractivity contribution in [1.29, 1.82) is 0 Å².